The highest BCUT2D eigenvalue weighted by Gasteiger charge is 2.30. The fourth-order valence-corrected chi connectivity index (χ4v) is 2.53. The third-order valence-corrected chi connectivity index (χ3v) is 3.71. The molecule has 94 valence electrons. The summed E-state index contributed by atoms with van der Waals surface area (Å²) in [4.78, 5) is 0. The quantitative estimate of drug-likeness (QED) is 0.797. The molecule has 0 unspecified atom stereocenters. The van der Waals surface area contributed by atoms with E-state index in [-0.39, 0.29) is 5.82 Å². The van der Waals surface area contributed by atoms with Gasteiger partial charge in [-0.25, -0.2) is 4.39 Å². The fraction of sp³-hybridized carbons (Fsp3) is 0.333. The van der Waals surface area contributed by atoms with Crippen molar-refractivity contribution >= 4 is 27.5 Å². The molecule has 1 saturated carbocycles. The van der Waals surface area contributed by atoms with E-state index in [1.807, 2.05) is 4.57 Å². The molecule has 0 aliphatic heterocycles. The zero-order valence-corrected chi connectivity index (χ0v) is 11.7. The molecular weight excluding hydrogens is 321 g/mol. The first-order chi connectivity index (χ1) is 8.70. The maximum atomic E-state index is 13.9. The molecule has 0 spiro atoms. The Morgan fingerprint density at radius 3 is 2.78 bits per heavy atom. The zero-order chi connectivity index (χ0) is 12.7. The van der Waals surface area contributed by atoms with E-state index >= 15 is 0 Å². The van der Waals surface area contributed by atoms with Crippen LogP contribution in [0.5, 0.6) is 0 Å². The predicted molar refractivity (Wildman–Crippen MR) is 71.3 cm³/mol. The van der Waals surface area contributed by atoms with Gasteiger partial charge in [0, 0.05) is 11.1 Å². The molecule has 1 aliphatic carbocycles. The number of rotatable bonds is 3. The van der Waals surface area contributed by atoms with Gasteiger partial charge in [0.1, 0.15) is 11.6 Å². The van der Waals surface area contributed by atoms with Crippen LogP contribution in [-0.2, 0) is 5.33 Å². The van der Waals surface area contributed by atoms with Gasteiger partial charge in [-0.2, -0.15) is 0 Å². The number of alkyl halides is 1. The molecule has 1 aliphatic rings. The number of hydrogen-bond acceptors (Lipinski definition) is 2. The van der Waals surface area contributed by atoms with Crippen LogP contribution in [0, 0.1) is 5.82 Å². The van der Waals surface area contributed by atoms with E-state index in [1.165, 1.54) is 6.07 Å². The Bertz CT molecular complexity index is 595. The van der Waals surface area contributed by atoms with Crippen molar-refractivity contribution in [1.29, 1.82) is 0 Å². The second kappa shape index (κ2) is 4.63. The third-order valence-electron chi connectivity index (χ3n) is 2.97. The standard InChI is InChI=1S/C12H10BrClFN3/c13-6-11-16-17-12(18(11)8-2-3-8)9-4-1-7(14)5-10(9)15/h1,4-5,8H,2-3,6H2. The molecule has 0 atom stereocenters. The van der Waals surface area contributed by atoms with Crippen LogP contribution in [0.2, 0.25) is 5.02 Å². The Morgan fingerprint density at radius 2 is 2.17 bits per heavy atom. The summed E-state index contributed by atoms with van der Waals surface area (Å²) in [5, 5.41) is 9.21. The van der Waals surface area contributed by atoms with E-state index in [2.05, 4.69) is 26.1 Å². The van der Waals surface area contributed by atoms with Crippen molar-refractivity contribution in [2.45, 2.75) is 24.2 Å². The SMILES string of the molecule is Fc1cc(Cl)ccc1-c1nnc(CBr)n1C1CC1. The molecule has 1 aromatic carbocycles. The minimum atomic E-state index is -0.363. The van der Waals surface area contributed by atoms with Gasteiger partial charge in [-0.3, -0.25) is 0 Å². The molecule has 0 radical (unpaired) electrons. The average molecular weight is 331 g/mol. The van der Waals surface area contributed by atoms with Crippen LogP contribution in [0.3, 0.4) is 0 Å². The van der Waals surface area contributed by atoms with Crippen LogP contribution >= 0.6 is 27.5 Å². The van der Waals surface area contributed by atoms with E-state index in [0.29, 0.717) is 27.8 Å². The van der Waals surface area contributed by atoms with Crippen LogP contribution in [0.1, 0.15) is 24.7 Å². The van der Waals surface area contributed by atoms with E-state index < -0.39 is 0 Å². The maximum Gasteiger partial charge on any atom is 0.167 e. The summed E-state index contributed by atoms with van der Waals surface area (Å²) in [5.74, 6) is 1.06. The Kier molecular flexibility index (Phi) is 3.11. The number of hydrogen-bond donors (Lipinski definition) is 0. The summed E-state index contributed by atoms with van der Waals surface area (Å²) < 4.78 is 16.0. The van der Waals surface area contributed by atoms with Gasteiger partial charge in [-0.1, -0.05) is 27.5 Å². The Balaban J connectivity index is 2.13. The third kappa shape index (κ3) is 2.06. The topological polar surface area (TPSA) is 30.7 Å². The molecule has 0 N–H and O–H groups in total. The van der Waals surface area contributed by atoms with E-state index in [9.17, 15) is 4.39 Å². The van der Waals surface area contributed by atoms with Crippen molar-refractivity contribution in [2.24, 2.45) is 0 Å². The van der Waals surface area contributed by atoms with Crippen molar-refractivity contribution in [2.75, 3.05) is 0 Å². The summed E-state index contributed by atoms with van der Waals surface area (Å²) in [6.07, 6.45) is 2.19. The van der Waals surface area contributed by atoms with Crippen LogP contribution in [-0.4, -0.2) is 14.8 Å². The molecule has 0 amide bonds. The lowest BCUT2D eigenvalue weighted by atomic mass is 10.2. The smallest absolute Gasteiger partial charge is 0.167 e. The van der Waals surface area contributed by atoms with Gasteiger partial charge in [-0.05, 0) is 31.0 Å². The first-order valence-corrected chi connectivity index (χ1v) is 7.16. The second-order valence-corrected chi connectivity index (χ2v) is 5.30. The molecular formula is C12H10BrClFN3. The number of nitrogens with zero attached hydrogens (tertiary/aromatic N) is 3. The van der Waals surface area contributed by atoms with Crippen molar-refractivity contribution in [3.05, 3.63) is 34.9 Å². The monoisotopic (exact) mass is 329 g/mol. The van der Waals surface area contributed by atoms with Crippen molar-refractivity contribution in [1.82, 2.24) is 14.8 Å². The summed E-state index contributed by atoms with van der Waals surface area (Å²) in [6, 6.07) is 5.02. The lowest BCUT2D eigenvalue weighted by Gasteiger charge is -2.08. The highest BCUT2D eigenvalue weighted by molar-refractivity contribution is 9.08. The first-order valence-electron chi connectivity index (χ1n) is 5.66. The summed E-state index contributed by atoms with van der Waals surface area (Å²) >= 11 is 9.14. The van der Waals surface area contributed by atoms with Crippen LogP contribution < -0.4 is 0 Å². The minimum Gasteiger partial charge on any atom is -0.307 e. The lowest BCUT2D eigenvalue weighted by molar-refractivity contribution is 0.626. The van der Waals surface area contributed by atoms with Crippen molar-refractivity contribution in [3.8, 4) is 11.4 Å². The molecule has 1 fully saturated rings. The molecule has 3 nitrogen and oxygen atoms in total. The molecule has 3 rings (SSSR count). The Morgan fingerprint density at radius 1 is 1.39 bits per heavy atom. The molecule has 0 saturated heterocycles. The van der Waals surface area contributed by atoms with Crippen LogP contribution in [0.15, 0.2) is 18.2 Å². The van der Waals surface area contributed by atoms with Gasteiger partial charge in [0.15, 0.2) is 5.82 Å². The number of benzene rings is 1. The fourth-order valence-electron chi connectivity index (χ4n) is 1.99. The summed E-state index contributed by atoms with van der Waals surface area (Å²) in [6.45, 7) is 0. The normalized spacial score (nSPS) is 15.1. The first kappa shape index (κ1) is 12.1. The van der Waals surface area contributed by atoms with Gasteiger partial charge in [-0.15, -0.1) is 10.2 Å². The highest BCUT2D eigenvalue weighted by Crippen LogP contribution is 2.39. The van der Waals surface area contributed by atoms with Gasteiger partial charge in [0.25, 0.3) is 0 Å². The van der Waals surface area contributed by atoms with Crippen molar-refractivity contribution in [3.63, 3.8) is 0 Å². The molecule has 2 aromatic rings. The predicted octanol–water partition coefficient (Wildman–Crippen LogP) is 3.97. The lowest BCUT2D eigenvalue weighted by Crippen LogP contribution is -2.02. The zero-order valence-electron chi connectivity index (χ0n) is 9.41. The van der Waals surface area contributed by atoms with Crippen LogP contribution in [0.25, 0.3) is 11.4 Å². The molecule has 0 bridgehead atoms. The largest absolute Gasteiger partial charge is 0.307 e. The maximum absolute atomic E-state index is 13.9. The number of aromatic nitrogens is 3. The van der Waals surface area contributed by atoms with E-state index in [0.717, 1.165) is 18.7 Å². The Hall–Kier alpha value is -0.940. The average Bonchev–Trinajstić information content (AvgIpc) is 3.09. The van der Waals surface area contributed by atoms with E-state index in [4.69, 9.17) is 11.6 Å². The molecule has 6 heteroatoms. The van der Waals surface area contributed by atoms with Gasteiger partial charge in [0.2, 0.25) is 0 Å². The van der Waals surface area contributed by atoms with Crippen molar-refractivity contribution < 1.29 is 4.39 Å². The van der Waals surface area contributed by atoms with Gasteiger partial charge >= 0.3 is 0 Å². The minimum absolute atomic E-state index is 0.363. The second-order valence-electron chi connectivity index (χ2n) is 4.30. The van der Waals surface area contributed by atoms with Crippen LogP contribution in [0.4, 0.5) is 4.39 Å². The summed E-state index contributed by atoms with van der Waals surface area (Å²) in [5.41, 5.74) is 0.450. The van der Waals surface area contributed by atoms with Gasteiger partial charge < -0.3 is 4.57 Å². The summed E-state index contributed by atoms with van der Waals surface area (Å²) in [7, 11) is 0. The number of halogens is 3. The molecule has 1 heterocycles. The molecule has 18 heavy (non-hydrogen) atoms. The highest BCUT2D eigenvalue weighted by atomic mass is 79.9. The Labute approximate surface area is 117 Å². The van der Waals surface area contributed by atoms with Gasteiger partial charge in [0.05, 0.1) is 10.9 Å². The van der Waals surface area contributed by atoms with E-state index in [1.54, 1.807) is 12.1 Å². The molecule has 1 aromatic heterocycles.